The number of fused-ring (bicyclic) bond motifs is 4. The number of rotatable bonds is 11. The summed E-state index contributed by atoms with van der Waals surface area (Å²) in [5.74, 6) is 2.57. The first-order valence-corrected chi connectivity index (χ1v) is 15.0. The van der Waals surface area contributed by atoms with Gasteiger partial charge in [-0.2, -0.15) is 0 Å². The fourth-order valence-electron chi connectivity index (χ4n) is 7.72. The van der Waals surface area contributed by atoms with Crippen LogP contribution in [0.3, 0.4) is 0 Å². The van der Waals surface area contributed by atoms with E-state index in [0.717, 1.165) is 71.3 Å². The first-order valence-electron chi connectivity index (χ1n) is 15.0. The Labute approximate surface area is 249 Å². The number of hydrogen-bond acceptors (Lipinski definition) is 4. The van der Waals surface area contributed by atoms with E-state index in [1.807, 2.05) is 42.5 Å². The van der Waals surface area contributed by atoms with E-state index in [1.54, 1.807) is 7.11 Å². The molecule has 3 aliphatic heterocycles. The van der Waals surface area contributed by atoms with Gasteiger partial charge in [-0.3, -0.25) is 0 Å². The molecule has 2 atom stereocenters. The van der Waals surface area contributed by atoms with Crippen molar-refractivity contribution in [2.75, 3.05) is 46.5 Å². The number of nitrogens with zero attached hydrogens (tertiary/aromatic N) is 1. The van der Waals surface area contributed by atoms with E-state index in [1.165, 1.54) is 38.8 Å². The van der Waals surface area contributed by atoms with Crippen LogP contribution in [-0.2, 0) is 10.3 Å². The van der Waals surface area contributed by atoms with E-state index in [4.69, 9.17) is 14.2 Å². The highest BCUT2D eigenvalue weighted by molar-refractivity contribution is 5.92. The maximum absolute atomic E-state index is 12.5. The van der Waals surface area contributed by atoms with Gasteiger partial charge < -0.3 is 40.8 Å². The third-order valence-electron chi connectivity index (χ3n) is 9.93. The van der Waals surface area contributed by atoms with Crippen molar-refractivity contribution in [1.82, 2.24) is 0 Å². The van der Waals surface area contributed by atoms with E-state index >= 15 is 0 Å². The van der Waals surface area contributed by atoms with Gasteiger partial charge in [0.25, 0.3) is 0 Å². The third kappa shape index (κ3) is 5.92. The Morgan fingerprint density at radius 1 is 0.900 bits per heavy atom. The molecule has 3 heterocycles. The van der Waals surface area contributed by atoms with Crippen molar-refractivity contribution in [3.05, 3.63) is 72.3 Å². The maximum atomic E-state index is 12.5. The fourth-order valence-corrected chi connectivity index (χ4v) is 7.72. The standard InChI is InChI=1S/C34H44NO4.BrH/c1-37-31-17-8-11-27-10-7-16-30(33(27)31)34(36,28-12-5-6-13-28)25-39-32-24-35(21-18-26(32)19-22-35)20-9-23-38-29-14-3-2-4-15-29;/h2-4,7-8,10-11,14-17,26,28,32,36H,5-6,9,12-13,18-25H2,1H3;1H/q+1;/p-1. The van der Waals surface area contributed by atoms with E-state index in [-0.39, 0.29) is 29.0 Å². The normalized spacial score (nSPS) is 25.9. The Morgan fingerprint density at radius 2 is 1.62 bits per heavy atom. The van der Waals surface area contributed by atoms with Crippen LogP contribution in [0.15, 0.2) is 66.7 Å². The van der Waals surface area contributed by atoms with E-state index in [2.05, 4.69) is 24.3 Å². The Balaban J connectivity index is 0.00000323. The summed E-state index contributed by atoms with van der Waals surface area (Å²) in [6, 6.07) is 22.5. The first-order chi connectivity index (χ1) is 19.1. The third-order valence-corrected chi connectivity index (χ3v) is 9.93. The summed E-state index contributed by atoms with van der Waals surface area (Å²) < 4.78 is 19.7. The molecule has 216 valence electrons. The lowest BCUT2D eigenvalue weighted by Crippen LogP contribution is -3.00. The van der Waals surface area contributed by atoms with Crippen molar-refractivity contribution in [2.24, 2.45) is 11.8 Å². The SMILES string of the molecule is COc1cccc2cccc(C(O)(COC3C[N+]4(CCCOc5ccccc5)CCC3CC4)C3CCCC3)c12.[Br-]. The van der Waals surface area contributed by atoms with Crippen LogP contribution in [-0.4, -0.2) is 62.2 Å². The highest BCUT2D eigenvalue weighted by Crippen LogP contribution is 2.46. The molecule has 1 aliphatic carbocycles. The molecule has 5 nitrogen and oxygen atoms in total. The van der Waals surface area contributed by atoms with Gasteiger partial charge in [0.15, 0.2) is 0 Å². The molecule has 1 N–H and O–H groups in total. The molecule has 0 radical (unpaired) electrons. The minimum Gasteiger partial charge on any atom is -1.00 e. The monoisotopic (exact) mass is 609 g/mol. The molecule has 40 heavy (non-hydrogen) atoms. The zero-order valence-electron chi connectivity index (χ0n) is 23.8. The second-order valence-corrected chi connectivity index (χ2v) is 12.2. The van der Waals surface area contributed by atoms with Crippen LogP contribution in [0.2, 0.25) is 0 Å². The molecule has 0 aromatic heterocycles. The van der Waals surface area contributed by atoms with Gasteiger partial charge in [-0.15, -0.1) is 0 Å². The van der Waals surface area contributed by atoms with E-state index in [0.29, 0.717) is 12.5 Å². The predicted molar refractivity (Wildman–Crippen MR) is 155 cm³/mol. The Hall–Kier alpha value is -2.12. The summed E-state index contributed by atoms with van der Waals surface area (Å²) >= 11 is 0. The van der Waals surface area contributed by atoms with Crippen LogP contribution in [0.1, 0.15) is 50.5 Å². The van der Waals surface area contributed by atoms with Crippen LogP contribution >= 0.6 is 0 Å². The van der Waals surface area contributed by atoms with Crippen LogP contribution in [0.25, 0.3) is 10.8 Å². The topological polar surface area (TPSA) is 47.9 Å². The summed E-state index contributed by atoms with van der Waals surface area (Å²) in [6.45, 7) is 5.77. The lowest BCUT2D eigenvalue weighted by Gasteiger charge is -2.53. The van der Waals surface area contributed by atoms with Gasteiger partial charge in [-0.05, 0) is 47.9 Å². The van der Waals surface area contributed by atoms with Crippen molar-refractivity contribution in [3.8, 4) is 11.5 Å². The molecule has 0 amide bonds. The van der Waals surface area contributed by atoms with Crippen LogP contribution in [0, 0.1) is 11.8 Å². The van der Waals surface area contributed by atoms with Crippen molar-refractivity contribution in [1.29, 1.82) is 0 Å². The summed E-state index contributed by atoms with van der Waals surface area (Å²) in [6.07, 6.45) is 8.11. The molecule has 4 aliphatic rings. The van der Waals surface area contributed by atoms with Gasteiger partial charge in [0.05, 0.1) is 40.0 Å². The lowest BCUT2D eigenvalue weighted by molar-refractivity contribution is -0.946. The number of benzene rings is 3. The minimum atomic E-state index is -1.02. The van der Waals surface area contributed by atoms with Crippen LogP contribution < -0.4 is 26.5 Å². The average molecular weight is 611 g/mol. The molecule has 3 aromatic rings. The number of hydrogen-bond donors (Lipinski definition) is 1. The van der Waals surface area contributed by atoms with Gasteiger partial charge >= 0.3 is 0 Å². The predicted octanol–water partition coefficient (Wildman–Crippen LogP) is 3.32. The summed E-state index contributed by atoms with van der Waals surface area (Å²) in [7, 11) is 1.72. The highest BCUT2D eigenvalue weighted by atomic mass is 79.9. The number of aliphatic hydroxyl groups is 1. The van der Waals surface area contributed by atoms with E-state index < -0.39 is 5.60 Å². The lowest BCUT2D eigenvalue weighted by atomic mass is 9.78. The molecule has 2 unspecified atom stereocenters. The molecule has 0 spiro atoms. The minimum absolute atomic E-state index is 0. The summed E-state index contributed by atoms with van der Waals surface area (Å²) in [5, 5.41) is 14.7. The quantitative estimate of drug-likeness (QED) is 0.268. The van der Waals surface area contributed by atoms with Crippen molar-refractivity contribution < 1.29 is 40.8 Å². The molecule has 3 saturated heterocycles. The van der Waals surface area contributed by atoms with Gasteiger partial charge in [-0.25, -0.2) is 0 Å². The number of para-hydroxylation sites is 1. The Bertz CT molecular complexity index is 1230. The second-order valence-electron chi connectivity index (χ2n) is 12.2. The number of halogens is 1. The largest absolute Gasteiger partial charge is 1.00 e. The highest BCUT2D eigenvalue weighted by Gasteiger charge is 2.48. The van der Waals surface area contributed by atoms with Gasteiger partial charge in [-0.1, -0.05) is 61.4 Å². The number of piperidine rings is 3. The number of methoxy groups -OCH3 is 1. The van der Waals surface area contributed by atoms with Crippen LogP contribution in [0.5, 0.6) is 11.5 Å². The molecular weight excluding hydrogens is 566 g/mol. The zero-order chi connectivity index (χ0) is 26.7. The smallest absolute Gasteiger partial charge is 0.127 e. The summed E-state index contributed by atoms with van der Waals surface area (Å²) in [5.41, 5.74) is -0.0574. The van der Waals surface area contributed by atoms with Crippen molar-refractivity contribution in [3.63, 3.8) is 0 Å². The van der Waals surface area contributed by atoms with Gasteiger partial charge in [0.2, 0.25) is 0 Å². The molecule has 1 saturated carbocycles. The van der Waals surface area contributed by atoms with Crippen LogP contribution in [0.4, 0.5) is 0 Å². The second kappa shape index (κ2) is 12.8. The molecule has 4 fully saturated rings. The molecular formula is C34H44BrNO4. The summed E-state index contributed by atoms with van der Waals surface area (Å²) in [4.78, 5) is 0. The molecule has 7 rings (SSSR count). The van der Waals surface area contributed by atoms with Crippen molar-refractivity contribution in [2.45, 2.75) is 56.7 Å². The molecule has 3 aromatic carbocycles. The van der Waals surface area contributed by atoms with Gasteiger partial charge in [0, 0.05) is 30.6 Å². The van der Waals surface area contributed by atoms with E-state index in [9.17, 15) is 5.11 Å². The number of ether oxygens (including phenoxy) is 3. The average Bonchev–Trinajstić information content (AvgIpc) is 3.55. The Morgan fingerprint density at radius 3 is 2.35 bits per heavy atom. The maximum Gasteiger partial charge on any atom is 0.127 e. The fraction of sp³-hybridized carbons (Fsp3) is 0.529. The Kier molecular flexibility index (Phi) is 9.41. The molecule has 2 bridgehead atoms. The first kappa shape index (κ1) is 29.4. The number of quaternary nitrogens is 1. The van der Waals surface area contributed by atoms with Gasteiger partial charge in [0.1, 0.15) is 29.7 Å². The van der Waals surface area contributed by atoms with Crippen molar-refractivity contribution >= 4 is 10.8 Å². The zero-order valence-corrected chi connectivity index (χ0v) is 25.4. The molecule has 6 heteroatoms.